The van der Waals surface area contributed by atoms with E-state index in [9.17, 15) is 9.59 Å². The maximum atomic E-state index is 12.9. The molecular formula is C23H24N4O2. The van der Waals surface area contributed by atoms with E-state index in [-0.39, 0.29) is 24.2 Å². The monoisotopic (exact) mass is 388 g/mol. The summed E-state index contributed by atoms with van der Waals surface area (Å²) in [5.41, 5.74) is 5.69. The molecule has 0 saturated carbocycles. The second kappa shape index (κ2) is 7.54. The van der Waals surface area contributed by atoms with Crippen molar-refractivity contribution in [3.63, 3.8) is 0 Å². The number of imidazole rings is 1. The van der Waals surface area contributed by atoms with Gasteiger partial charge in [0.1, 0.15) is 5.82 Å². The first kappa shape index (κ1) is 18.9. The second-order valence-corrected chi connectivity index (χ2v) is 7.58. The number of rotatable bonds is 4. The number of aryl methyl sites for hydroxylation is 2. The number of aromatic nitrogens is 2. The highest BCUT2D eigenvalue weighted by Gasteiger charge is 2.36. The van der Waals surface area contributed by atoms with Crippen LogP contribution in [-0.2, 0) is 9.59 Å². The molecule has 1 aromatic heterocycles. The molecule has 2 amide bonds. The van der Waals surface area contributed by atoms with Gasteiger partial charge in [-0.15, -0.1) is 0 Å². The van der Waals surface area contributed by atoms with Gasteiger partial charge in [0, 0.05) is 42.3 Å². The van der Waals surface area contributed by atoms with Crippen molar-refractivity contribution < 1.29 is 9.59 Å². The zero-order valence-corrected chi connectivity index (χ0v) is 16.8. The van der Waals surface area contributed by atoms with Crippen molar-refractivity contribution in [1.29, 1.82) is 0 Å². The Hall–Kier alpha value is -3.41. The van der Waals surface area contributed by atoms with Gasteiger partial charge in [0.15, 0.2) is 0 Å². The standard InChI is InChI=1S/C23H24N4O2/c1-14-5-4-6-20(16(14)3)27-13-18(12-21(27)28)23(29)26-19-11-17(8-7-15(19)2)22-24-9-10-25-22/h4-11,18H,12-13H2,1-3H3,(H,24,25)(H,26,29)/t18-/m0/s1. The van der Waals surface area contributed by atoms with E-state index in [1.54, 1.807) is 17.3 Å². The fourth-order valence-corrected chi connectivity index (χ4v) is 3.71. The van der Waals surface area contributed by atoms with E-state index in [4.69, 9.17) is 0 Å². The number of hydrogen-bond acceptors (Lipinski definition) is 3. The summed E-state index contributed by atoms with van der Waals surface area (Å²) in [6, 6.07) is 11.7. The van der Waals surface area contributed by atoms with Crippen molar-refractivity contribution in [2.75, 3.05) is 16.8 Å². The Bertz CT molecular complexity index is 1070. The van der Waals surface area contributed by atoms with Crippen LogP contribution < -0.4 is 10.2 Å². The predicted molar refractivity (Wildman–Crippen MR) is 114 cm³/mol. The zero-order chi connectivity index (χ0) is 20.5. The van der Waals surface area contributed by atoms with Crippen molar-refractivity contribution in [3.05, 3.63) is 65.5 Å². The van der Waals surface area contributed by atoms with Gasteiger partial charge in [-0.25, -0.2) is 4.98 Å². The maximum absolute atomic E-state index is 12.9. The first-order chi connectivity index (χ1) is 13.9. The average molecular weight is 388 g/mol. The molecule has 6 nitrogen and oxygen atoms in total. The average Bonchev–Trinajstić information content (AvgIpc) is 3.36. The van der Waals surface area contributed by atoms with Crippen molar-refractivity contribution in [2.45, 2.75) is 27.2 Å². The number of aromatic amines is 1. The third kappa shape index (κ3) is 3.66. The molecule has 3 aromatic rings. The van der Waals surface area contributed by atoms with Crippen LogP contribution >= 0.6 is 0 Å². The lowest BCUT2D eigenvalue weighted by molar-refractivity contribution is -0.122. The molecule has 6 heteroatoms. The first-order valence-corrected chi connectivity index (χ1v) is 9.72. The van der Waals surface area contributed by atoms with E-state index < -0.39 is 0 Å². The molecule has 0 bridgehead atoms. The Labute approximate surface area is 170 Å². The minimum Gasteiger partial charge on any atom is -0.345 e. The summed E-state index contributed by atoms with van der Waals surface area (Å²) >= 11 is 0. The van der Waals surface area contributed by atoms with Crippen molar-refractivity contribution >= 4 is 23.2 Å². The summed E-state index contributed by atoms with van der Waals surface area (Å²) in [5.74, 6) is 0.220. The molecular weight excluding hydrogens is 364 g/mol. The third-order valence-corrected chi connectivity index (χ3v) is 5.63. The highest BCUT2D eigenvalue weighted by molar-refractivity contribution is 6.04. The molecule has 2 aromatic carbocycles. The summed E-state index contributed by atoms with van der Waals surface area (Å²) < 4.78 is 0. The van der Waals surface area contributed by atoms with E-state index in [2.05, 4.69) is 15.3 Å². The largest absolute Gasteiger partial charge is 0.345 e. The van der Waals surface area contributed by atoms with Gasteiger partial charge >= 0.3 is 0 Å². The molecule has 1 saturated heterocycles. The molecule has 2 N–H and O–H groups in total. The Balaban J connectivity index is 1.52. The quantitative estimate of drug-likeness (QED) is 0.709. The second-order valence-electron chi connectivity index (χ2n) is 7.58. The summed E-state index contributed by atoms with van der Waals surface area (Å²) in [7, 11) is 0. The molecule has 1 atom stereocenters. The van der Waals surface area contributed by atoms with Crippen LogP contribution in [0.15, 0.2) is 48.8 Å². The molecule has 0 aliphatic carbocycles. The van der Waals surface area contributed by atoms with Crippen LogP contribution in [0.2, 0.25) is 0 Å². The molecule has 4 rings (SSSR count). The fourth-order valence-electron chi connectivity index (χ4n) is 3.71. The van der Waals surface area contributed by atoms with E-state index in [1.165, 1.54) is 0 Å². The summed E-state index contributed by atoms with van der Waals surface area (Å²) in [5, 5.41) is 3.01. The molecule has 0 unspecified atom stereocenters. The van der Waals surface area contributed by atoms with Gasteiger partial charge in [0.25, 0.3) is 0 Å². The molecule has 29 heavy (non-hydrogen) atoms. The van der Waals surface area contributed by atoms with Gasteiger partial charge in [-0.1, -0.05) is 24.3 Å². The topological polar surface area (TPSA) is 78.1 Å². The molecule has 1 aliphatic rings. The van der Waals surface area contributed by atoms with Crippen LogP contribution in [0.4, 0.5) is 11.4 Å². The number of amides is 2. The number of hydrogen-bond donors (Lipinski definition) is 2. The van der Waals surface area contributed by atoms with E-state index >= 15 is 0 Å². The van der Waals surface area contributed by atoms with E-state index in [1.807, 2.05) is 57.2 Å². The van der Waals surface area contributed by atoms with Gasteiger partial charge in [0.2, 0.25) is 11.8 Å². The number of carbonyl (C=O) groups is 2. The molecule has 1 fully saturated rings. The number of nitrogens with one attached hydrogen (secondary N) is 2. The Morgan fingerprint density at radius 1 is 1.17 bits per heavy atom. The smallest absolute Gasteiger partial charge is 0.229 e. The highest BCUT2D eigenvalue weighted by Crippen LogP contribution is 2.30. The Morgan fingerprint density at radius 3 is 2.76 bits per heavy atom. The fraction of sp³-hybridized carbons (Fsp3) is 0.261. The van der Waals surface area contributed by atoms with Gasteiger partial charge in [-0.2, -0.15) is 0 Å². The normalized spacial score (nSPS) is 16.3. The number of anilines is 2. The predicted octanol–water partition coefficient (Wildman–Crippen LogP) is 3.99. The highest BCUT2D eigenvalue weighted by atomic mass is 16.2. The lowest BCUT2D eigenvalue weighted by Crippen LogP contribution is -2.28. The lowest BCUT2D eigenvalue weighted by atomic mass is 10.1. The van der Waals surface area contributed by atoms with Crippen LogP contribution in [0.1, 0.15) is 23.1 Å². The first-order valence-electron chi connectivity index (χ1n) is 9.72. The minimum absolute atomic E-state index is 0.0140. The zero-order valence-electron chi connectivity index (χ0n) is 16.8. The van der Waals surface area contributed by atoms with Gasteiger partial charge in [-0.05, 0) is 49.6 Å². The molecule has 1 aliphatic heterocycles. The summed E-state index contributed by atoms with van der Waals surface area (Å²) in [4.78, 5) is 34.6. The van der Waals surface area contributed by atoms with Crippen molar-refractivity contribution in [3.8, 4) is 11.4 Å². The van der Waals surface area contributed by atoms with Gasteiger partial charge < -0.3 is 15.2 Å². The number of nitrogens with zero attached hydrogens (tertiary/aromatic N) is 2. The van der Waals surface area contributed by atoms with Crippen LogP contribution in [-0.4, -0.2) is 28.3 Å². The summed E-state index contributed by atoms with van der Waals surface area (Å²) in [6.45, 7) is 6.38. The molecule has 2 heterocycles. The number of H-pyrrole nitrogens is 1. The Kier molecular flexibility index (Phi) is 4.92. The van der Waals surface area contributed by atoms with Gasteiger partial charge in [-0.3, -0.25) is 9.59 Å². The summed E-state index contributed by atoms with van der Waals surface area (Å²) in [6.07, 6.45) is 3.68. The third-order valence-electron chi connectivity index (χ3n) is 5.63. The molecule has 0 spiro atoms. The molecule has 0 radical (unpaired) electrons. The van der Waals surface area contributed by atoms with Crippen LogP contribution in [0.3, 0.4) is 0 Å². The number of carbonyl (C=O) groups excluding carboxylic acids is 2. The van der Waals surface area contributed by atoms with Crippen LogP contribution in [0.25, 0.3) is 11.4 Å². The SMILES string of the molecule is Cc1ccc(-c2ncc[nH]2)cc1NC(=O)[C@H]1CC(=O)N(c2cccc(C)c2C)C1. The Morgan fingerprint density at radius 2 is 2.00 bits per heavy atom. The minimum atomic E-state index is -0.380. The van der Waals surface area contributed by atoms with Crippen molar-refractivity contribution in [1.82, 2.24) is 9.97 Å². The van der Waals surface area contributed by atoms with E-state index in [0.29, 0.717) is 6.54 Å². The van der Waals surface area contributed by atoms with Crippen LogP contribution in [0, 0.1) is 26.7 Å². The lowest BCUT2D eigenvalue weighted by Gasteiger charge is -2.20. The van der Waals surface area contributed by atoms with Crippen LogP contribution in [0.5, 0.6) is 0 Å². The van der Waals surface area contributed by atoms with Gasteiger partial charge in [0.05, 0.1) is 5.92 Å². The molecule has 148 valence electrons. The van der Waals surface area contributed by atoms with E-state index in [0.717, 1.165) is 39.5 Å². The maximum Gasteiger partial charge on any atom is 0.229 e. The number of benzene rings is 2. The van der Waals surface area contributed by atoms with Crippen molar-refractivity contribution in [2.24, 2.45) is 5.92 Å².